The first-order chi connectivity index (χ1) is 27.6. The lowest BCUT2D eigenvalue weighted by molar-refractivity contribution is -0.149. The van der Waals surface area contributed by atoms with E-state index in [1.54, 1.807) is 29.2 Å². The Morgan fingerprint density at radius 2 is 1.58 bits per heavy atom. The summed E-state index contributed by atoms with van der Waals surface area (Å²) >= 11 is 0. The van der Waals surface area contributed by atoms with Gasteiger partial charge in [0.1, 0.15) is 5.75 Å². The van der Waals surface area contributed by atoms with Gasteiger partial charge in [0.05, 0.1) is 57.3 Å². The van der Waals surface area contributed by atoms with Gasteiger partial charge in [-0.25, -0.2) is 0 Å². The lowest BCUT2D eigenvalue weighted by atomic mass is 9.82. The van der Waals surface area contributed by atoms with Crippen molar-refractivity contribution in [2.45, 2.75) is 50.2 Å². The summed E-state index contributed by atoms with van der Waals surface area (Å²) in [7, 11) is -0.964. The highest BCUT2D eigenvalue weighted by atomic mass is 28.3. The van der Waals surface area contributed by atoms with Gasteiger partial charge in [0, 0.05) is 35.6 Å². The second-order valence-corrected chi connectivity index (χ2v) is 20.2. The molecule has 0 unspecified atom stereocenters. The maximum atomic E-state index is 15.5. The Kier molecular flexibility index (Phi) is 10.2. The van der Waals surface area contributed by atoms with Gasteiger partial charge in [-0.3, -0.25) is 19.3 Å². The highest BCUT2D eigenvalue weighted by Crippen LogP contribution is 2.61. The normalized spacial score (nSPS) is 20.3. The average Bonchev–Trinajstić information content (AvgIpc) is 3.67. The number of hydrogen-bond donors (Lipinski definition) is 1. The molecule has 1 N–H and O–H groups in total. The Balaban J connectivity index is 1.28. The number of aromatic nitrogens is 2. The van der Waals surface area contributed by atoms with Gasteiger partial charge >= 0.3 is 0 Å². The fraction of sp³-hybridized carbons (Fsp3) is 0.261. The smallest absolute Gasteiger partial charge is 0.279 e. The summed E-state index contributed by atoms with van der Waals surface area (Å²) in [5, 5.41) is 17.0. The molecule has 2 amide bonds. The van der Waals surface area contributed by atoms with Crippen LogP contribution in [0, 0.1) is 5.92 Å². The molecule has 290 valence electrons. The summed E-state index contributed by atoms with van der Waals surface area (Å²) in [6.45, 7) is 6.92. The molecule has 57 heavy (non-hydrogen) atoms. The van der Waals surface area contributed by atoms with Crippen LogP contribution in [0.2, 0.25) is 18.6 Å². The molecule has 1 fully saturated rings. The van der Waals surface area contributed by atoms with Crippen molar-refractivity contribution in [1.29, 1.82) is 0 Å². The fourth-order valence-electron chi connectivity index (χ4n) is 9.18. The van der Waals surface area contributed by atoms with Gasteiger partial charge in [0.15, 0.2) is 5.60 Å². The van der Waals surface area contributed by atoms with Crippen LogP contribution >= 0.6 is 0 Å². The van der Waals surface area contributed by atoms with Crippen LogP contribution in [0.15, 0.2) is 138 Å². The molecule has 6 aromatic rings. The number of benzene rings is 5. The molecule has 0 bridgehead atoms. The maximum absolute atomic E-state index is 15.5. The number of aliphatic hydroxyl groups excluding tert-OH is 1. The first-order valence-corrected chi connectivity index (χ1v) is 22.4. The van der Waals surface area contributed by atoms with Gasteiger partial charge in [-0.2, -0.15) is 9.78 Å². The molecule has 0 radical (unpaired) electrons. The van der Waals surface area contributed by atoms with Crippen molar-refractivity contribution in [3.05, 3.63) is 155 Å². The van der Waals surface area contributed by atoms with E-state index >= 15 is 4.79 Å². The molecule has 0 aliphatic carbocycles. The molecule has 0 saturated carbocycles. The number of fused-ring (bicyclic) bond motifs is 3. The van der Waals surface area contributed by atoms with Crippen LogP contribution in [-0.4, -0.2) is 66.0 Å². The van der Waals surface area contributed by atoms with E-state index in [9.17, 15) is 14.7 Å². The monoisotopic (exact) mass is 778 g/mol. The van der Waals surface area contributed by atoms with Crippen LogP contribution < -0.4 is 20.4 Å². The predicted molar refractivity (Wildman–Crippen MR) is 224 cm³/mol. The maximum Gasteiger partial charge on any atom is 0.279 e. The lowest BCUT2D eigenvalue weighted by Gasteiger charge is -2.37. The SMILES string of the molecule is COc1ccc([Si](C)(C)[C@@H]2[C@@H](CC(=O)N(CCO)Cc3ccccc3)O[C@]3(C(=O)N(c4ccccc4)c4ccc(-n5ncc6ccccc6c5=O)cc43)[C@H]2C)cc1. The Morgan fingerprint density at radius 3 is 2.28 bits per heavy atom. The molecule has 1 saturated heterocycles. The highest BCUT2D eigenvalue weighted by Gasteiger charge is 2.67. The van der Waals surface area contributed by atoms with Gasteiger partial charge in [-0.15, -0.1) is 0 Å². The number of nitrogens with zero attached hydrogens (tertiary/aromatic N) is 4. The molecular formula is C46H46N4O6Si. The molecule has 2 aliphatic rings. The van der Waals surface area contributed by atoms with Crippen LogP contribution in [-0.2, 0) is 26.5 Å². The largest absolute Gasteiger partial charge is 0.497 e. The Bertz CT molecular complexity index is 2490. The van der Waals surface area contributed by atoms with Gasteiger partial charge in [0.2, 0.25) is 5.91 Å². The van der Waals surface area contributed by atoms with E-state index in [4.69, 9.17) is 9.47 Å². The second kappa shape index (κ2) is 15.2. The molecular weight excluding hydrogens is 733 g/mol. The number of ether oxygens (including phenoxy) is 2. The number of carbonyl (C=O) groups excluding carboxylic acids is 2. The zero-order chi connectivity index (χ0) is 39.9. The molecule has 2 aliphatic heterocycles. The Labute approximate surface area is 332 Å². The first-order valence-electron chi connectivity index (χ1n) is 19.3. The Morgan fingerprint density at radius 1 is 0.895 bits per heavy atom. The van der Waals surface area contributed by atoms with Gasteiger partial charge in [-0.05, 0) is 59.6 Å². The van der Waals surface area contributed by atoms with E-state index in [1.165, 1.54) is 4.68 Å². The number of anilines is 2. The van der Waals surface area contributed by atoms with Crippen molar-refractivity contribution in [2.24, 2.45) is 5.92 Å². The van der Waals surface area contributed by atoms with Crippen LogP contribution in [0.4, 0.5) is 11.4 Å². The van der Waals surface area contributed by atoms with Gasteiger partial charge in [-0.1, -0.05) is 104 Å². The molecule has 8 rings (SSSR count). The zero-order valence-electron chi connectivity index (χ0n) is 32.5. The molecule has 5 aromatic carbocycles. The zero-order valence-corrected chi connectivity index (χ0v) is 33.5. The van der Waals surface area contributed by atoms with E-state index in [2.05, 4.69) is 37.2 Å². The van der Waals surface area contributed by atoms with E-state index in [0.29, 0.717) is 34.6 Å². The standard InChI is InChI=1S/C46H46N4O6Si/c1-31-43(57(3,4)37-22-20-36(55-2)21-23-37)41(28-42(52)48(25-26-51)30-32-13-7-5-8-14-32)56-46(31)39-27-35(50-44(53)38-18-12-11-15-33(38)29-47-50)19-24-40(39)49(45(46)54)34-16-9-6-10-17-34/h5-24,27,29,31,41,43,51H,25-26,28,30H2,1-4H3/t31-,41+,43-,46+/m0/s1. The summed E-state index contributed by atoms with van der Waals surface area (Å²) in [5.74, 6) is -0.0800. The van der Waals surface area contributed by atoms with Crippen LogP contribution in [0.5, 0.6) is 5.75 Å². The molecule has 1 spiro atoms. The first kappa shape index (κ1) is 38.0. The third-order valence-electron chi connectivity index (χ3n) is 12.0. The highest BCUT2D eigenvalue weighted by molar-refractivity contribution is 6.91. The number of hydrogen-bond acceptors (Lipinski definition) is 7. The van der Waals surface area contributed by atoms with E-state index in [1.807, 2.05) is 109 Å². The fourth-order valence-corrected chi connectivity index (χ4v) is 13.2. The number of rotatable bonds is 11. The van der Waals surface area contributed by atoms with Gasteiger partial charge < -0.3 is 19.5 Å². The third kappa shape index (κ3) is 6.55. The quantitative estimate of drug-likeness (QED) is 0.146. The van der Waals surface area contributed by atoms with E-state index in [-0.39, 0.29) is 42.5 Å². The van der Waals surface area contributed by atoms with Crippen molar-refractivity contribution in [1.82, 2.24) is 14.7 Å². The third-order valence-corrected chi connectivity index (χ3v) is 16.4. The molecule has 11 heteroatoms. The summed E-state index contributed by atoms with van der Waals surface area (Å²) in [4.78, 5) is 47.2. The average molecular weight is 779 g/mol. The number of aliphatic hydroxyl groups is 1. The molecule has 1 aromatic heterocycles. The van der Waals surface area contributed by atoms with Crippen molar-refractivity contribution in [3.63, 3.8) is 0 Å². The molecule has 3 heterocycles. The lowest BCUT2D eigenvalue weighted by Crippen LogP contribution is -2.52. The number of carbonyl (C=O) groups is 2. The number of para-hydroxylation sites is 1. The Hall–Kier alpha value is -5.88. The summed E-state index contributed by atoms with van der Waals surface area (Å²) in [6, 6.07) is 40.2. The van der Waals surface area contributed by atoms with Crippen molar-refractivity contribution >= 4 is 47.2 Å². The molecule has 10 nitrogen and oxygen atoms in total. The topological polar surface area (TPSA) is 114 Å². The summed E-state index contributed by atoms with van der Waals surface area (Å²) in [6.07, 6.45) is 1.02. The van der Waals surface area contributed by atoms with Gasteiger partial charge in [0.25, 0.3) is 11.5 Å². The van der Waals surface area contributed by atoms with E-state index < -0.39 is 25.7 Å². The van der Waals surface area contributed by atoms with Crippen molar-refractivity contribution in [3.8, 4) is 11.4 Å². The minimum Gasteiger partial charge on any atom is -0.497 e. The van der Waals surface area contributed by atoms with Crippen molar-refractivity contribution < 1.29 is 24.2 Å². The predicted octanol–water partition coefficient (Wildman–Crippen LogP) is 6.70. The van der Waals surface area contributed by atoms with Crippen LogP contribution in [0.1, 0.15) is 24.5 Å². The van der Waals surface area contributed by atoms with E-state index in [0.717, 1.165) is 21.9 Å². The molecule has 4 atom stereocenters. The van der Waals surface area contributed by atoms with Crippen LogP contribution in [0.25, 0.3) is 16.5 Å². The minimum absolute atomic E-state index is 0.00943. The van der Waals surface area contributed by atoms with Crippen molar-refractivity contribution in [2.75, 3.05) is 25.2 Å². The number of methoxy groups -OCH3 is 1. The second-order valence-electron chi connectivity index (χ2n) is 15.5. The summed E-state index contributed by atoms with van der Waals surface area (Å²) in [5.41, 5.74) is 1.41. The van der Waals surface area contributed by atoms with Crippen LogP contribution in [0.3, 0.4) is 0 Å². The number of amides is 2. The summed E-state index contributed by atoms with van der Waals surface area (Å²) < 4.78 is 14.2. The minimum atomic E-state index is -2.60.